The van der Waals surface area contributed by atoms with Crippen LogP contribution in [0.25, 0.3) is 11.0 Å². The molecule has 0 radical (unpaired) electrons. The van der Waals surface area contributed by atoms with Crippen LogP contribution in [0.15, 0.2) is 18.2 Å². The van der Waals surface area contributed by atoms with Crippen LogP contribution >= 0.6 is 0 Å². The van der Waals surface area contributed by atoms with E-state index in [0.29, 0.717) is 0 Å². The number of anilines is 2. The second-order valence-electron chi connectivity index (χ2n) is 6.48. The monoisotopic (exact) mass is 273 g/mol. The van der Waals surface area contributed by atoms with E-state index in [1.54, 1.807) is 0 Å². The number of aromatic nitrogens is 2. The molecule has 2 aromatic rings. The van der Waals surface area contributed by atoms with E-state index in [2.05, 4.69) is 40.5 Å². The zero-order chi connectivity index (χ0) is 14.3. The Hall–Kier alpha value is -1.75. The molecule has 1 aromatic heterocycles. The van der Waals surface area contributed by atoms with Crippen molar-refractivity contribution in [2.24, 2.45) is 0 Å². The summed E-state index contributed by atoms with van der Waals surface area (Å²) in [6, 6.07) is 5.80. The van der Waals surface area contributed by atoms with Crippen molar-refractivity contribution in [1.29, 1.82) is 0 Å². The zero-order valence-electron chi connectivity index (χ0n) is 12.5. The lowest BCUT2D eigenvalue weighted by Crippen LogP contribution is -2.53. The van der Waals surface area contributed by atoms with Crippen LogP contribution in [0.4, 0.5) is 11.6 Å². The lowest BCUT2D eigenvalue weighted by molar-refractivity contribution is 0.128. The van der Waals surface area contributed by atoms with Crippen LogP contribution in [-0.4, -0.2) is 46.6 Å². The number of nitrogens with zero attached hydrogens (tertiary/aromatic N) is 3. The summed E-state index contributed by atoms with van der Waals surface area (Å²) in [5.74, 6) is 0.958. The largest absolute Gasteiger partial charge is 0.399 e. The minimum Gasteiger partial charge on any atom is -0.399 e. The quantitative estimate of drug-likeness (QED) is 0.781. The van der Waals surface area contributed by atoms with E-state index in [-0.39, 0.29) is 5.54 Å². The molecule has 5 nitrogen and oxygen atoms in total. The second kappa shape index (κ2) is 4.66. The molecule has 2 heterocycles. The van der Waals surface area contributed by atoms with Crippen molar-refractivity contribution in [3.63, 3.8) is 0 Å². The topological polar surface area (TPSA) is 61.2 Å². The molecule has 1 aliphatic heterocycles. The number of nitrogen functional groups attached to an aromatic ring is 1. The van der Waals surface area contributed by atoms with Crippen molar-refractivity contribution < 1.29 is 0 Å². The SMILES string of the molecule is CC(C)(C)N1CCN(c2nc3ccc(N)cc3[nH]2)CC1. The minimum absolute atomic E-state index is 0.244. The van der Waals surface area contributed by atoms with Crippen molar-refractivity contribution in [3.05, 3.63) is 18.2 Å². The van der Waals surface area contributed by atoms with Gasteiger partial charge in [-0.3, -0.25) is 4.90 Å². The van der Waals surface area contributed by atoms with E-state index in [1.165, 1.54) is 0 Å². The molecule has 0 aliphatic carbocycles. The summed E-state index contributed by atoms with van der Waals surface area (Å²) >= 11 is 0. The molecule has 108 valence electrons. The van der Waals surface area contributed by atoms with Crippen LogP contribution in [0, 0.1) is 0 Å². The van der Waals surface area contributed by atoms with E-state index in [1.807, 2.05) is 18.2 Å². The van der Waals surface area contributed by atoms with Crippen LogP contribution in [0.1, 0.15) is 20.8 Å². The van der Waals surface area contributed by atoms with Gasteiger partial charge in [-0.2, -0.15) is 0 Å². The van der Waals surface area contributed by atoms with Gasteiger partial charge in [-0.15, -0.1) is 0 Å². The highest BCUT2D eigenvalue weighted by molar-refractivity contribution is 5.80. The molecule has 0 saturated carbocycles. The molecule has 1 saturated heterocycles. The molecular formula is C15H23N5. The average Bonchev–Trinajstić information content (AvgIpc) is 2.80. The van der Waals surface area contributed by atoms with Crippen molar-refractivity contribution >= 4 is 22.7 Å². The number of nitrogens with one attached hydrogen (secondary N) is 1. The van der Waals surface area contributed by atoms with E-state index < -0.39 is 0 Å². The van der Waals surface area contributed by atoms with Gasteiger partial charge in [0.15, 0.2) is 0 Å². The number of hydrogen-bond acceptors (Lipinski definition) is 4. The first-order valence-electron chi connectivity index (χ1n) is 7.19. The van der Waals surface area contributed by atoms with Crippen molar-refractivity contribution in [3.8, 4) is 0 Å². The summed E-state index contributed by atoms with van der Waals surface area (Å²) < 4.78 is 0. The number of benzene rings is 1. The van der Waals surface area contributed by atoms with Gasteiger partial charge in [0, 0.05) is 37.4 Å². The first-order valence-corrected chi connectivity index (χ1v) is 7.19. The Morgan fingerprint density at radius 1 is 1.15 bits per heavy atom. The van der Waals surface area contributed by atoms with Crippen LogP contribution in [0.2, 0.25) is 0 Å². The smallest absolute Gasteiger partial charge is 0.203 e. The Labute approximate surface area is 119 Å². The fourth-order valence-corrected chi connectivity index (χ4v) is 2.75. The predicted octanol–water partition coefficient (Wildman–Crippen LogP) is 2.07. The lowest BCUT2D eigenvalue weighted by Gasteiger charge is -2.42. The van der Waals surface area contributed by atoms with Gasteiger partial charge < -0.3 is 15.6 Å². The molecule has 20 heavy (non-hydrogen) atoms. The van der Waals surface area contributed by atoms with Gasteiger partial charge in [-0.1, -0.05) is 0 Å². The highest BCUT2D eigenvalue weighted by atomic mass is 15.3. The Morgan fingerprint density at radius 2 is 1.85 bits per heavy atom. The Balaban J connectivity index is 1.76. The number of nitrogens with two attached hydrogens (primary N) is 1. The van der Waals surface area contributed by atoms with Gasteiger partial charge >= 0.3 is 0 Å². The molecule has 5 heteroatoms. The predicted molar refractivity (Wildman–Crippen MR) is 84.0 cm³/mol. The van der Waals surface area contributed by atoms with Gasteiger partial charge in [-0.05, 0) is 39.0 Å². The van der Waals surface area contributed by atoms with Gasteiger partial charge in [0.2, 0.25) is 5.95 Å². The van der Waals surface area contributed by atoms with Crippen molar-refractivity contribution in [2.45, 2.75) is 26.3 Å². The Kier molecular flexibility index (Phi) is 3.09. The van der Waals surface area contributed by atoms with Crippen molar-refractivity contribution in [1.82, 2.24) is 14.9 Å². The third-order valence-corrected chi connectivity index (χ3v) is 4.02. The molecule has 0 spiro atoms. The zero-order valence-corrected chi connectivity index (χ0v) is 12.5. The van der Waals surface area contributed by atoms with E-state index in [4.69, 9.17) is 5.73 Å². The van der Waals surface area contributed by atoms with Gasteiger partial charge in [-0.25, -0.2) is 4.98 Å². The van der Waals surface area contributed by atoms with E-state index in [0.717, 1.165) is 48.8 Å². The number of rotatable bonds is 1. The van der Waals surface area contributed by atoms with Crippen molar-refractivity contribution in [2.75, 3.05) is 36.8 Å². The summed E-state index contributed by atoms with van der Waals surface area (Å²) in [5, 5.41) is 0. The fraction of sp³-hybridized carbons (Fsp3) is 0.533. The van der Waals surface area contributed by atoms with E-state index >= 15 is 0 Å². The third kappa shape index (κ3) is 2.45. The summed E-state index contributed by atoms with van der Waals surface area (Å²) in [4.78, 5) is 12.9. The number of hydrogen-bond donors (Lipinski definition) is 2. The number of fused-ring (bicyclic) bond motifs is 1. The molecule has 3 rings (SSSR count). The maximum atomic E-state index is 5.81. The fourth-order valence-electron chi connectivity index (χ4n) is 2.75. The number of aromatic amines is 1. The highest BCUT2D eigenvalue weighted by Crippen LogP contribution is 2.22. The van der Waals surface area contributed by atoms with Crippen LogP contribution in [-0.2, 0) is 0 Å². The van der Waals surface area contributed by atoms with Gasteiger partial charge in [0.05, 0.1) is 11.0 Å². The third-order valence-electron chi connectivity index (χ3n) is 4.02. The molecule has 0 bridgehead atoms. The van der Waals surface area contributed by atoms with Crippen LogP contribution < -0.4 is 10.6 Å². The average molecular weight is 273 g/mol. The molecule has 1 aromatic carbocycles. The maximum Gasteiger partial charge on any atom is 0.203 e. The molecule has 0 unspecified atom stereocenters. The molecule has 1 aliphatic rings. The highest BCUT2D eigenvalue weighted by Gasteiger charge is 2.26. The van der Waals surface area contributed by atoms with Gasteiger partial charge in [0.1, 0.15) is 0 Å². The summed E-state index contributed by atoms with van der Waals surface area (Å²) in [5.41, 5.74) is 8.81. The lowest BCUT2D eigenvalue weighted by atomic mass is 10.1. The first kappa shape index (κ1) is 13.2. The molecule has 1 fully saturated rings. The maximum absolute atomic E-state index is 5.81. The molecular weight excluding hydrogens is 250 g/mol. The minimum atomic E-state index is 0.244. The Morgan fingerprint density at radius 3 is 2.50 bits per heavy atom. The van der Waals surface area contributed by atoms with E-state index in [9.17, 15) is 0 Å². The summed E-state index contributed by atoms with van der Waals surface area (Å²) in [7, 11) is 0. The first-order chi connectivity index (χ1) is 9.43. The summed E-state index contributed by atoms with van der Waals surface area (Å²) in [6.45, 7) is 11.0. The number of piperazine rings is 1. The molecule has 0 atom stereocenters. The Bertz CT molecular complexity index is 602. The summed E-state index contributed by atoms with van der Waals surface area (Å²) in [6.07, 6.45) is 0. The standard InChI is InChI=1S/C15H23N5/c1-15(2,3)20-8-6-19(7-9-20)14-17-12-5-4-11(16)10-13(12)18-14/h4-5,10H,6-9,16H2,1-3H3,(H,17,18). The normalized spacial score (nSPS) is 17.9. The number of H-pyrrole nitrogens is 1. The second-order valence-corrected chi connectivity index (χ2v) is 6.48. The number of imidazole rings is 1. The molecule has 0 amide bonds. The van der Waals surface area contributed by atoms with Crippen LogP contribution in [0.3, 0.4) is 0 Å². The molecule has 3 N–H and O–H groups in total. The van der Waals surface area contributed by atoms with Crippen LogP contribution in [0.5, 0.6) is 0 Å². The van der Waals surface area contributed by atoms with Gasteiger partial charge in [0.25, 0.3) is 0 Å².